The van der Waals surface area contributed by atoms with Crippen LogP contribution in [0.3, 0.4) is 0 Å². The topological polar surface area (TPSA) is 40.2 Å². The van der Waals surface area contributed by atoms with Crippen molar-refractivity contribution in [1.29, 1.82) is 0 Å². The molecule has 0 atom stereocenters. The van der Waals surface area contributed by atoms with Crippen molar-refractivity contribution in [2.75, 3.05) is 7.11 Å². The van der Waals surface area contributed by atoms with Crippen LogP contribution in [0.5, 0.6) is 0 Å². The van der Waals surface area contributed by atoms with Crippen LogP contribution < -0.4 is 5.73 Å². The quantitative estimate of drug-likeness (QED) is 0.855. The number of rotatable bonds is 4. The third-order valence-electron chi connectivity index (χ3n) is 2.90. The van der Waals surface area contributed by atoms with Gasteiger partial charge in [-0.1, -0.05) is 12.1 Å². The molecule has 0 spiro atoms. The Morgan fingerprint density at radius 1 is 1.31 bits per heavy atom. The number of methoxy groups -OCH3 is 1. The van der Waals surface area contributed by atoms with E-state index in [9.17, 15) is 0 Å². The van der Waals surface area contributed by atoms with Gasteiger partial charge in [0, 0.05) is 31.4 Å². The van der Waals surface area contributed by atoms with Crippen molar-refractivity contribution in [3.8, 4) is 0 Å². The Kier molecular flexibility index (Phi) is 3.27. The third kappa shape index (κ3) is 1.84. The maximum atomic E-state index is 5.66. The first-order valence-corrected chi connectivity index (χ1v) is 5.60. The number of benzene rings is 1. The van der Waals surface area contributed by atoms with Crippen molar-refractivity contribution >= 4 is 10.9 Å². The first-order valence-electron chi connectivity index (χ1n) is 5.60. The Morgan fingerprint density at radius 3 is 2.75 bits per heavy atom. The van der Waals surface area contributed by atoms with Crippen molar-refractivity contribution in [3.05, 3.63) is 35.5 Å². The number of fused-ring (bicyclic) bond motifs is 1. The van der Waals surface area contributed by atoms with E-state index in [0.717, 1.165) is 6.54 Å². The molecule has 86 valence electrons. The highest BCUT2D eigenvalue weighted by Crippen LogP contribution is 2.21. The zero-order valence-corrected chi connectivity index (χ0v) is 9.86. The molecule has 0 unspecified atom stereocenters. The van der Waals surface area contributed by atoms with Crippen LogP contribution in [-0.2, 0) is 24.4 Å². The molecule has 1 heterocycles. The maximum absolute atomic E-state index is 5.66. The molecule has 0 bridgehead atoms. The molecule has 0 aliphatic heterocycles. The smallest absolute Gasteiger partial charge is 0.0864 e. The van der Waals surface area contributed by atoms with E-state index in [4.69, 9.17) is 10.5 Å². The molecule has 0 radical (unpaired) electrons. The molecule has 3 nitrogen and oxygen atoms in total. The Labute approximate surface area is 95.8 Å². The highest BCUT2D eigenvalue weighted by Gasteiger charge is 2.07. The normalized spacial score (nSPS) is 11.2. The van der Waals surface area contributed by atoms with E-state index in [0.29, 0.717) is 13.2 Å². The Balaban J connectivity index is 2.58. The van der Waals surface area contributed by atoms with Gasteiger partial charge in [0.25, 0.3) is 0 Å². The molecule has 0 saturated heterocycles. The summed E-state index contributed by atoms with van der Waals surface area (Å²) in [4.78, 5) is 0. The van der Waals surface area contributed by atoms with Gasteiger partial charge in [-0.25, -0.2) is 0 Å². The van der Waals surface area contributed by atoms with Crippen LogP contribution >= 0.6 is 0 Å². The second-order valence-electron chi connectivity index (χ2n) is 3.91. The lowest BCUT2D eigenvalue weighted by molar-refractivity contribution is 0.178. The minimum Gasteiger partial charge on any atom is -0.378 e. The Bertz CT molecular complexity index is 488. The molecule has 2 rings (SSSR count). The first kappa shape index (κ1) is 11.2. The average Bonchev–Trinajstić information content (AvgIpc) is 2.65. The van der Waals surface area contributed by atoms with Crippen molar-refractivity contribution in [3.63, 3.8) is 0 Å². The van der Waals surface area contributed by atoms with Gasteiger partial charge in [0.05, 0.1) is 6.61 Å². The lowest BCUT2D eigenvalue weighted by atomic mass is 10.1. The van der Waals surface area contributed by atoms with Crippen LogP contribution in [0.25, 0.3) is 10.9 Å². The summed E-state index contributed by atoms with van der Waals surface area (Å²) in [5.74, 6) is 0. The fourth-order valence-electron chi connectivity index (χ4n) is 2.13. The van der Waals surface area contributed by atoms with Crippen LogP contribution in [0.1, 0.15) is 18.2 Å². The highest BCUT2D eigenvalue weighted by molar-refractivity contribution is 5.82. The number of aromatic nitrogens is 1. The Hall–Kier alpha value is -1.32. The molecule has 0 saturated carbocycles. The molecule has 0 aliphatic rings. The fourth-order valence-corrected chi connectivity index (χ4v) is 2.13. The van der Waals surface area contributed by atoms with Crippen LogP contribution in [0.15, 0.2) is 24.3 Å². The monoisotopic (exact) mass is 218 g/mol. The summed E-state index contributed by atoms with van der Waals surface area (Å²) in [6, 6.07) is 8.56. The van der Waals surface area contributed by atoms with Crippen LogP contribution in [0.2, 0.25) is 0 Å². The maximum Gasteiger partial charge on any atom is 0.0864 e. The standard InChI is InChI=1S/C13H18N2O/c1-3-15-12(9-16-2)7-11-5-4-10(8-14)6-13(11)15/h4-7H,3,8-9,14H2,1-2H3. The molecule has 16 heavy (non-hydrogen) atoms. The van der Waals surface area contributed by atoms with Gasteiger partial charge in [-0.3, -0.25) is 0 Å². The molecule has 1 aromatic carbocycles. The number of hydrogen-bond acceptors (Lipinski definition) is 2. The summed E-state index contributed by atoms with van der Waals surface area (Å²) in [5, 5.41) is 1.26. The van der Waals surface area contributed by atoms with Crippen molar-refractivity contribution in [1.82, 2.24) is 4.57 Å². The molecule has 1 aromatic heterocycles. The number of nitrogens with zero attached hydrogens (tertiary/aromatic N) is 1. The van der Waals surface area contributed by atoms with Gasteiger partial charge in [-0.05, 0) is 30.0 Å². The minimum atomic E-state index is 0.588. The van der Waals surface area contributed by atoms with E-state index < -0.39 is 0 Å². The molecular formula is C13H18N2O. The largest absolute Gasteiger partial charge is 0.378 e. The zero-order chi connectivity index (χ0) is 11.5. The second-order valence-corrected chi connectivity index (χ2v) is 3.91. The lowest BCUT2D eigenvalue weighted by Gasteiger charge is -2.07. The average molecular weight is 218 g/mol. The van der Waals surface area contributed by atoms with Gasteiger partial charge in [-0.2, -0.15) is 0 Å². The fraction of sp³-hybridized carbons (Fsp3) is 0.385. The molecule has 0 aliphatic carbocycles. The van der Waals surface area contributed by atoms with Gasteiger partial charge in [0.1, 0.15) is 0 Å². The summed E-state index contributed by atoms with van der Waals surface area (Å²) in [7, 11) is 1.73. The number of hydrogen-bond donors (Lipinski definition) is 1. The van der Waals surface area contributed by atoms with Gasteiger partial charge in [0.15, 0.2) is 0 Å². The third-order valence-corrected chi connectivity index (χ3v) is 2.90. The molecule has 0 amide bonds. The molecule has 3 heteroatoms. The highest BCUT2D eigenvalue weighted by atomic mass is 16.5. The van der Waals surface area contributed by atoms with E-state index in [1.807, 2.05) is 0 Å². The van der Waals surface area contributed by atoms with Crippen LogP contribution in [-0.4, -0.2) is 11.7 Å². The molecule has 2 N–H and O–H groups in total. The SMILES string of the molecule is CCn1c(COC)cc2ccc(CN)cc21. The summed E-state index contributed by atoms with van der Waals surface area (Å²) in [6.07, 6.45) is 0. The van der Waals surface area contributed by atoms with Gasteiger partial charge < -0.3 is 15.0 Å². The molecule has 2 aromatic rings. The first-order chi connectivity index (χ1) is 7.80. The van der Waals surface area contributed by atoms with Gasteiger partial charge >= 0.3 is 0 Å². The van der Waals surface area contributed by atoms with E-state index in [-0.39, 0.29) is 0 Å². The predicted octanol–water partition coefficient (Wildman–Crippen LogP) is 2.27. The predicted molar refractivity (Wildman–Crippen MR) is 66.2 cm³/mol. The number of aryl methyl sites for hydroxylation is 1. The van der Waals surface area contributed by atoms with E-state index in [1.54, 1.807) is 7.11 Å². The summed E-state index contributed by atoms with van der Waals surface area (Å²) in [6.45, 7) is 4.34. The van der Waals surface area contributed by atoms with Gasteiger partial charge in [-0.15, -0.1) is 0 Å². The van der Waals surface area contributed by atoms with Crippen LogP contribution in [0.4, 0.5) is 0 Å². The molecule has 0 fully saturated rings. The summed E-state index contributed by atoms with van der Waals surface area (Å²) < 4.78 is 7.49. The van der Waals surface area contributed by atoms with E-state index in [2.05, 4.69) is 35.8 Å². The van der Waals surface area contributed by atoms with Crippen molar-refractivity contribution in [2.24, 2.45) is 5.73 Å². The zero-order valence-electron chi connectivity index (χ0n) is 9.86. The van der Waals surface area contributed by atoms with E-state index >= 15 is 0 Å². The number of ether oxygens (including phenoxy) is 1. The van der Waals surface area contributed by atoms with E-state index in [1.165, 1.54) is 22.2 Å². The lowest BCUT2D eigenvalue weighted by Crippen LogP contribution is -2.02. The summed E-state index contributed by atoms with van der Waals surface area (Å²) >= 11 is 0. The van der Waals surface area contributed by atoms with Crippen molar-refractivity contribution < 1.29 is 4.74 Å². The second kappa shape index (κ2) is 4.68. The van der Waals surface area contributed by atoms with Gasteiger partial charge in [0.2, 0.25) is 0 Å². The molecular weight excluding hydrogens is 200 g/mol. The number of nitrogens with two attached hydrogens (primary N) is 1. The van der Waals surface area contributed by atoms with Crippen molar-refractivity contribution in [2.45, 2.75) is 26.6 Å². The van der Waals surface area contributed by atoms with Crippen LogP contribution in [0, 0.1) is 0 Å². The minimum absolute atomic E-state index is 0.588. The summed E-state index contributed by atoms with van der Waals surface area (Å²) in [5.41, 5.74) is 9.30. The Morgan fingerprint density at radius 2 is 2.12 bits per heavy atom.